The first-order chi connectivity index (χ1) is 14.5. The van der Waals surface area contributed by atoms with Crippen LogP contribution in [-0.4, -0.2) is 42.0 Å². The molecule has 2 aromatic carbocycles. The summed E-state index contributed by atoms with van der Waals surface area (Å²) < 4.78 is 17.3. The number of thiocarbonyl (C=S) groups is 1. The number of thioether (sulfide) groups is 1. The molecule has 2 aromatic rings. The fraction of sp³-hybridized carbons (Fsp3) is 0.273. The molecule has 0 aliphatic carbocycles. The van der Waals surface area contributed by atoms with Gasteiger partial charge in [-0.05, 0) is 48.4 Å². The highest BCUT2D eigenvalue weighted by molar-refractivity contribution is 8.26. The first-order valence-electron chi connectivity index (χ1n) is 9.40. The van der Waals surface area contributed by atoms with Crippen LogP contribution in [0, 0.1) is 0 Å². The number of carbonyl (C=O) groups excluding carboxylic acids is 1. The number of methoxy groups -OCH3 is 1. The fourth-order valence-corrected chi connectivity index (χ4v) is 4.34. The first-order valence-corrected chi connectivity index (χ1v) is 11.0. The molecule has 8 heteroatoms. The average Bonchev–Trinajstić information content (AvgIpc) is 2.99. The van der Waals surface area contributed by atoms with E-state index in [-0.39, 0.29) is 5.91 Å². The van der Waals surface area contributed by atoms with E-state index < -0.39 is 0 Å². The van der Waals surface area contributed by atoms with E-state index in [9.17, 15) is 4.79 Å². The molecule has 30 heavy (non-hydrogen) atoms. The Morgan fingerprint density at radius 2 is 2.00 bits per heavy atom. The third-order valence-electron chi connectivity index (χ3n) is 4.24. The molecule has 3 rings (SSSR count). The van der Waals surface area contributed by atoms with Crippen LogP contribution < -0.4 is 9.47 Å². The third-order valence-corrected chi connectivity index (χ3v) is 5.85. The van der Waals surface area contributed by atoms with E-state index in [0.29, 0.717) is 52.1 Å². The van der Waals surface area contributed by atoms with Gasteiger partial charge in [0.05, 0.1) is 24.7 Å². The highest BCUT2D eigenvalue weighted by Crippen LogP contribution is 2.35. The van der Waals surface area contributed by atoms with Crippen LogP contribution in [0.5, 0.6) is 11.5 Å². The van der Waals surface area contributed by atoms with Crippen molar-refractivity contribution in [3.8, 4) is 11.5 Å². The zero-order valence-electron chi connectivity index (χ0n) is 16.7. The lowest BCUT2D eigenvalue weighted by atomic mass is 10.1. The van der Waals surface area contributed by atoms with Gasteiger partial charge in [-0.15, -0.1) is 0 Å². The van der Waals surface area contributed by atoms with Crippen LogP contribution in [0.2, 0.25) is 5.02 Å². The second kappa shape index (κ2) is 10.8. The Labute approximate surface area is 190 Å². The summed E-state index contributed by atoms with van der Waals surface area (Å²) in [5, 5.41) is 0.666. The molecule has 0 atom stereocenters. The SMILES string of the molecule is CCOc1cc(/C=C2\SC(=S)N(CCOC)C2=O)ccc1OCc1cccc(Cl)c1. The van der Waals surface area contributed by atoms with Crippen LogP contribution >= 0.6 is 35.6 Å². The molecule has 1 saturated heterocycles. The highest BCUT2D eigenvalue weighted by atomic mass is 35.5. The van der Waals surface area contributed by atoms with Gasteiger partial charge in [0.15, 0.2) is 11.5 Å². The van der Waals surface area contributed by atoms with Crippen LogP contribution in [-0.2, 0) is 16.1 Å². The molecule has 158 valence electrons. The topological polar surface area (TPSA) is 48.0 Å². The Morgan fingerprint density at radius 3 is 2.73 bits per heavy atom. The number of rotatable bonds is 9. The average molecular weight is 464 g/mol. The number of amides is 1. The van der Waals surface area contributed by atoms with Crippen molar-refractivity contribution in [3.63, 3.8) is 0 Å². The summed E-state index contributed by atoms with van der Waals surface area (Å²) in [4.78, 5) is 14.7. The standard InChI is InChI=1S/C22H22ClNO4S2/c1-3-27-19-12-15(13-20-21(25)24(9-10-26-2)22(29)30-20)7-8-18(19)28-14-16-5-4-6-17(23)11-16/h4-8,11-13H,3,9-10,14H2,1-2H3/b20-13-. The molecule has 0 aromatic heterocycles. The molecule has 5 nitrogen and oxygen atoms in total. The molecule has 0 spiro atoms. The molecule has 1 fully saturated rings. The summed E-state index contributed by atoms with van der Waals surface area (Å²) >= 11 is 12.6. The Bertz CT molecular complexity index is 964. The van der Waals surface area contributed by atoms with Gasteiger partial charge in [0.25, 0.3) is 5.91 Å². The first kappa shape index (κ1) is 22.6. The molecule has 0 radical (unpaired) electrons. The molecular weight excluding hydrogens is 442 g/mol. The summed E-state index contributed by atoms with van der Waals surface area (Å²) in [7, 11) is 1.60. The lowest BCUT2D eigenvalue weighted by molar-refractivity contribution is -0.122. The second-order valence-electron chi connectivity index (χ2n) is 6.38. The van der Waals surface area contributed by atoms with E-state index in [4.69, 9.17) is 38.0 Å². The highest BCUT2D eigenvalue weighted by Gasteiger charge is 2.31. The lowest BCUT2D eigenvalue weighted by Gasteiger charge is -2.13. The van der Waals surface area contributed by atoms with Crippen molar-refractivity contribution >= 4 is 51.9 Å². The monoisotopic (exact) mass is 463 g/mol. The van der Waals surface area contributed by atoms with Gasteiger partial charge >= 0.3 is 0 Å². The van der Waals surface area contributed by atoms with Gasteiger partial charge in [-0.1, -0.05) is 53.8 Å². The van der Waals surface area contributed by atoms with Crippen LogP contribution in [0.3, 0.4) is 0 Å². The minimum Gasteiger partial charge on any atom is -0.490 e. The third kappa shape index (κ3) is 5.76. The van der Waals surface area contributed by atoms with Gasteiger partial charge in [-0.3, -0.25) is 9.69 Å². The maximum Gasteiger partial charge on any atom is 0.266 e. The minimum atomic E-state index is -0.110. The van der Waals surface area contributed by atoms with Crippen LogP contribution in [0.4, 0.5) is 0 Å². The van der Waals surface area contributed by atoms with Gasteiger partial charge in [-0.25, -0.2) is 0 Å². The largest absolute Gasteiger partial charge is 0.490 e. The van der Waals surface area contributed by atoms with E-state index >= 15 is 0 Å². The van der Waals surface area contributed by atoms with E-state index in [2.05, 4.69) is 0 Å². The number of hydrogen-bond donors (Lipinski definition) is 0. The van der Waals surface area contributed by atoms with Gasteiger partial charge in [0.1, 0.15) is 10.9 Å². The quantitative estimate of drug-likeness (QED) is 0.378. The minimum absolute atomic E-state index is 0.110. The van der Waals surface area contributed by atoms with Crippen LogP contribution in [0.25, 0.3) is 6.08 Å². The predicted octanol–water partition coefficient (Wildman–Crippen LogP) is 5.17. The predicted molar refractivity (Wildman–Crippen MR) is 125 cm³/mol. The molecule has 0 saturated carbocycles. The number of nitrogens with zero attached hydrogens (tertiary/aromatic N) is 1. The van der Waals surface area contributed by atoms with E-state index in [1.165, 1.54) is 11.8 Å². The molecule has 1 aliphatic rings. The summed E-state index contributed by atoms with van der Waals surface area (Å²) in [6, 6.07) is 13.1. The summed E-state index contributed by atoms with van der Waals surface area (Å²) in [6.45, 7) is 3.66. The van der Waals surface area contributed by atoms with Crippen molar-refractivity contribution in [1.29, 1.82) is 0 Å². The summed E-state index contributed by atoms with van der Waals surface area (Å²) in [5.74, 6) is 1.13. The Kier molecular flexibility index (Phi) is 8.16. The van der Waals surface area contributed by atoms with E-state index in [1.54, 1.807) is 12.0 Å². The van der Waals surface area contributed by atoms with Gasteiger partial charge in [0.2, 0.25) is 0 Å². The normalized spacial score (nSPS) is 15.2. The summed E-state index contributed by atoms with van der Waals surface area (Å²) in [5.41, 5.74) is 1.80. The van der Waals surface area contributed by atoms with Crippen LogP contribution in [0.15, 0.2) is 47.4 Å². The lowest BCUT2D eigenvalue weighted by Crippen LogP contribution is -2.31. The number of hydrogen-bond acceptors (Lipinski definition) is 6. The van der Waals surface area contributed by atoms with E-state index in [0.717, 1.165) is 11.1 Å². The zero-order valence-corrected chi connectivity index (χ0v) is 19.1. The second-order valence-corrected chi connectivity index (χ2v) is 8.50. The maximum absolute atomic E-state index is 12.6. The van der Waals surface area contributed by atoms with Crippen molar-refractivity contribution in [3.05, 3.63) is 63.5 Å². The maximum atomic E-state index is 12.6. The molecule has 1 aliphatic heterocycles. The van der Waals surface area contributed by atoms with Gasteiger partial charge < -0.3 is 14.2 Å². The van der Waals surface area contributed by atoms with E-state index in [1.807, 2.05) is 55.5 Å². The van der Waals surface area contributed by atoms with Crippen molar-refractivity contribution in [1.82, 2.24) is 4.90 Å². The van der Waals surface area contributed by atoms with Crippen molar-refractivity contribution in [2.45, 2.75) is 13.5 Å². The van der Waals surface area contributed by atoms with Gasteiger partial charge in [0, 0.05) is 12.1 Å². The molecular formula is C22H22ClNO4S2. The fourth-order valence-electron chi connectivity index (χ4n) is 2.82. The molecule has 0 N–H and O–H groups in total. The Hall–Kier alpha value is -2.06. The smallest absolute Gasteiger partial charge is 0.266 e. The summed E-state index contributed by atoms with van der Waals surface area (Å²) in [6.07, 6.45) is 1.81. The number of carbonyl (C=O) groups is 1. The van der Waals surface area contributed by atoms with Gasteiger partial charge in [-0.2, -0.15) is 0 Å². The van der Waals surface area contributed by atoms with Crippen LogP contribution in [0.1, 0.15) is 18.1 Å². The molecule has 1 heterocycles. The molecule has 0 unspecified atom stereocenters. The molecule has 0 bridgehead atoms. The van der Waals surface area contributed by atoms with Crippen molar-refractivity contribution < 1.29 is 19.0 Å². The molecule has 1 amide bonds. The number of benzene rings is 2. The Balaban J connectivity index is 1.76. The Morgan fingerprint density at radius 1 is 1.17 bits per heavy atom. The number of halogens is 1. The number of ether oxygens (including phenoxy) is 3. The van der Waals surface area contributed by atoms with Crippen molar-refractivity contribution in [2.24, 2.45) is 0 Å². The zero-order chi connectivity index (χ0) is 21.5. The van der Waals surface area contributed by atoms with Crippen molar-refractivity contribution in [2.75, 3.05) is 26.9 Å².